The van der Waals surface area contributed by atoms with Gasteiger partial charge in [-0.3, -0.25) is 14.5 Å². The number of nitrogens with one attached hydrogen (secondary N) is 1. The van der Waals surface area contributed by atoms with E-state index >= 15 is 0 Å². The molecular weight excluding hydrogens is 262 g/mol. The van der Waals surface area contributed by atoms with E-state index in [4.69, 9.17) is 5.11 Å². The summed E-state index contributed by atoms with van der Waals surface area (Å²) in [6.07, 6.45) is 0. The number of carboxylic acids is 1. The first kappa shape index (κ1) is 12.6. The first-order valence-electron chi connectivity index (χ1n) is 6.18. The number of aromatic carboxylic acids is 1. The number of rotatable bonds is 1. The van der Waals surface area contributed by atoms with Crippen molar-refractivity contribution in [3.05, 3.63) is 23.8 Å². The lowest BCUT2D eigenvalue weighted by molar-refractivity contribution is -0.126. The third-order valence-electron chi connectivity index (χ3n) is 3.65. The highest BCUT2D eigenvalue weighted by molar-refractivity contribution is 6.14. The fourth-order valence-electron chi connectivity index (χ4n) is 2.64. The molecule has 7 nitrogen and oxygen atoms in total. The van der Waals surface area contributed by atoms with E-state index in [0.717, 1.165) is 0 Å². The summed E-state index contributed by atoms with van der Waals surface area (Å²) in [5.74, 6) is -1.47. The van der Waals surface area contributed by atoms with E-state index in [9.17, 15) is 14.4 Å². The van der Waals surface area contributed by atoms with Crippen molar-refractivity contribution in [3.63, 3.8) is 0 Å². The number of anilines is 2. The number of likely N-dealkylation sites (N-methyl/N-ethyl adjacent to an activating group) is 1. The first-order chi connectivity index (χ1) is 9.50. The van der Waals surface area contributed by atoms with E-state index in [1.54, 1.807) is 13.1 Å². The summed E-state index contributed by atoms with van der Waals surface area (Å²) < 4.78 is 0. The maximum Gasteiger partial charge on any atom is 0.335 e. The molecule has 2 amide bonds. The lowest BCUT2D eigenvalue weighted by Crippen LogP contribution is -2.63. The van der Waals surface area contributed by atoms with E-state index in [1.807, 2.05) is 0 Å². The number of piperazine rings is 1. The zero-order valence-corrected chi connectivity index (χ0v) is 10.8. The maximum atomic E-state index is 12.3. The van der Waals surface area contributed by atoms with Gasteiger partial charge in [-0.15, -0.1) is 0 Å². The quantitative estimate of drug-likeness (QED) is 0.732. The van der Waals surface area contributed by atoms with Gasteiger partial charge < -0.3 is 15.3 Å². The second-order valence-electron chi connectivity index (χ2n) is 4.82. The van der Waals surface area contributed by atoms with Crippen molar-refractivity contribution in [1.29, 1.82) is 0 Å². The van der Waals surface area contributed by atoms with Gasteiger partial charge in [0.15, 0.2) is 0 Å². The van der Waals surface area contributed by atoms with Crippen LogP contribution in [0.5, 0.6) is 0 Å². The molecule has 1 aromatic carbocycles. The van der Waals surface area contributed by atoms with Gasteiger partial charge in [0.1, 0.15) is 6.04 Å². The molecule has 0 aliphatic carbocycles. The Morgan fingerprint density at radius 3 is 2.80 bits per heavy atom. The smallest absolute Gasteiger partial charge is 0.335 e. The molecule has 1 unspecified atom stereocenters. The lowest BCUT2D eigenvalue weighted by atomic mass is 10.0. The maximum absolute atomic E-state index is 12.3. The van der Waals surface area contributed by atoms with Crippen LogP contribution in [0.2, 0.25) is 0 Å². The third kappa shape index (κ3) is 1.67. The number of amides is 2. The van der Waals surface area contributed by atoms with Crippen LogP contribution in [0.1, 0.15) is 10.4 Å². The Labute approximate surface area is 114 Å². The van der Waals surface area contributed by atoms with Gasteiger partial charge in [0.25, 0.3) is 5.91 Å². The SMILES string of the molecule is CN1C(=O)C2CNCC(=O)N2c2cc(C(=O)O)ccc21. The summed E-state index contributed by atoms with van der Waals surface area (Å²) in [7, 11) is 1.62. The fraction of sp³-hybridized carbons (Fsp3) is 0.308. The molecule has 1 saturated heterocycles. The minimum Gasteiger partial charge on any atom is -0.478 e. The number of benzene rings is 1. The van der Waals surface area contributed by atoms with E-state index in [2.05, 4.69) is 5.32 Å². The summed E-state index contributed by atoms with van der Waals surface area (Å²) in [5, 5.41) is 12.0. The van der Waals surface area contributed by atoms with Crippen LogP contribution >= 0.6 is 0 Å². The fourth-order valence-corrected chi connectivity index (χ4v) is 2.64. The summed E-state index contributed by atoms with van der Waals surface area (Å²) in [6, 6.07) is 3.81. The van der Waals surface area contributed by atoms with Crippen molar-refractivity contribution >= 4 is 29.2 Å². The monoisotopic (exact) mass is 275 g/mol. The van der Waals surface area contributed by atoms with Gasteiger partial charge in [0.05, 0.1) is 23.5 Å². The highest BCUT2D eigenvalue weighted by Gasteiger charge is 2.41. The molecule has 0 saturated carbocycles. The molecule has 2 heterocycles. The van der Waals surface area contributed by atoms with E-state index in [0.29, 0.717) is 17.9 Å². The predicted molar refractivity (Wildman–Crippen MR) is 71.0 cm³/mol. The minimum atomic E-state index is -1.06. The van der Waals surface area contributed by atoms with Crippen molar-refractivity contribution in [1.82, 2.24) is 5.32 Å². The summed E-state index contributed by atoms with van der Waals surface area (Å²) in [4.78, 5) is 38.3. The van der Waals surface area contributed by atoms with Crippen molar-refractivity contribution in [3.8, 4) is 0 Å². The topological polar surface area (TPSA) is 90.0 Å². The molecule has 0 aromatic heterocycles. The summed E-state index contributed by atoms with van der Waals surface area (Å²) in [5.41, 5.74) is 1.12. The molecule has 20 heavy (non-hydrogen) atoms. The molecule has 104 valence electrons. The molecule has 1 aromatic rings. The van der Waals surface area contributed by atoms with Gasteiger partial charge in [0, 0.05) is 13.6 Å². The zero-order chi connectivity index (χ0) is 14.4. The molecule has 3 rings (SSSR count). The normalized spacial score (nSPS) is 21.6. The Morgan fingerprint density at radius 1 is 1.35 bits per heavy atom. The number of hydrogen-bond donors (Lipinski definition) is 2. The molecule has 2 aliphatic rings. The number of nitrogens with zero attached hydrogens (tertiary/aromatic N) is 2. The molecule has 1 fully saturated rings. The highest BCUT2D eigenvalue weighted by Crippen LogP contribution is 2.36. The van der Waals surface area contributed by atoms with Gasteiger partial charge in [-0.2, -0.15) is 0 Å². The molecule has 0 spiro atoms. The zero-order valence-electron chi connectivity index (χ0n) is 10.8. The Bertz CT molecular complexity index is 628. The Hall–Kier alpha value is -2.41. The van der Waals surface area contributed by atoms with Gasteiger partial charge in [-0.1, -0.05) is 0 Å². The van der Waals surface area contributed by atoms with Crippen LogP contribution in [-0.2, 0) is 9.59 Å². The van der Waals surface area contributed by atoms with Crippen molar-refractivity contribution in [2.75, 3.05) is 29.9 Å². The standard InChI is InChI=1S/C13H13N3O4/c1-15-8-3-2-7(13(19)20)4-9(8)16-10(12(15)18)5-14-6-11(16)17/h2-4,10,14H,5-6H2,1H3,(H,19,20). The average Bonchev–Trinajstić information content (AvgIpc) is 2.44. The van der Waals surface area contributed by atoms with Crippen molar-refractivity contribution in [2.24, 2.45) is 0 Å². The summed E-state index contributed by atoms with van der Waals surface area (Å²) >= 11 is 0. The van der Waals surface area contributed by atoms with Crippen molar-refractivity contribution < 1.29 is 19.5 Å². The third-order valence-corrected chi connectivity index (χ3v) is 3.65. The molecule has 7 heteroatoms. The molecule has 2 aliphatic heterocycles. The van der Waals surface area contributed by atoms with E-state index in [1.165, 1.54) is 21.9 Å². The van der Waals surface area contributed by atoms with Crippen LogP contribution in [0.4, 0.5) is 11.4 Å². The Kier molecular flexibility index (Phi) is 2.72. The number of hydrogen-bond acceptors (Lipinski definition) is 4. The minimum absolute atomic E-state index is 0.0941. The second kappa shape index (κ2) is 4.31. The number of carbonyl (C=O) groups is 3. The van der Waals surface area contributed by atoms with Gasteiger partial charge in [-0.05, 0) is 18.2 Å². The van der Waals surface area contributed by atoms with E-state index in [-0.39, 0.29) is 23.9 Å². The van der Waals surface area contributed by atoms with Crippen LogP contribution < -0.4 is 15.1 Å². The average molecular weight is 275 g/mol. The number of carbonyl (C=O) groups excluding carboxylic acids is 2. The lowest BCUT2D eigenvalue weighted by Gasteiger charge is -2.42. The van der Waals surface area contributed by atoms with Crippen LogP contribution in [0.15, 0.2) is 18.2 Å². The first-order valence-corrected chi connectivity index (χ1v) is 6.18. The Balaban J connectivity index is 2.18. The number of carboxylic acid groups (broad SMARTS) is 1. The number of fused-ring (bicyclic) bond motifs is 3. The van der Waals surface area contributed by atoms with Crippen LogP contribution in [-0.4, -0.2) is 49.1 Å². The van der Waals surface area contributed by atoms with Crippen LogP contribution in [0.3, 0.4) is 0 Å². The van der Waals surface area contributed by atoms with E-state index < -0.39 is 12.0 Å². The van der Waals surface area contributed by atoms with Crippen molar-refractivity contribution in [2.45, 2.75) is 6.04 Å². The highest BCUT2D eigenvalue weighted by atomic mass is 16.4. The molecule has 0 radical (unpaired) electrons. The molecule has 1 atom stereocenters. The molecular formula is C13H13N3O4. The predicted octanol–water partition coefficient (Wildman–Crippen LogP) is -0.334. The molecule has 2 N–H and O–H groups in total. The largest absolute Gasteiger partial charge is 0.478 e. The van der Waals surface area contributed by atoms with Gasteiger partial charge in [0.2, 0.25) is 5.91 Å². The Morgan fingerprint density at radius 2 is 2.10 bits per heavy atom. The molecule has 0 bridgehead atoms. The summed E-state index contributed by atoms with van der Waals surface area (Å²) in [6.45, 7) is 0.510. The van der Waals surface area contributed by atoms with Crippen LogP contribution in [0, 0.1) is 0 Å². The second-order valence-corrected chi connectivity index (χ2v) is 4.82. The van der Waals surface area contributed by atoms with Gasteiger partial charge in [-0.25, -0.2) is 4.79 Å². The van der Waals surface area contributed by atoms with Crippen LogP contribution in [0.25, 0.3) is 0 Å². The van der Waals surface area contributed by atoms with Gasteiger partial charge >= 0.3 is 5.97 Å².